The summed E-state index contributed by atoms with van der Waals surface area (Å²) in [5.41, 5.74) is 1.59. The van der Waals surface area contributed by atoms with Crippen LogP contribution in [0.1, 0.15) is 31.0 Å². The number of aromatic nitrogens is 1. The Kier molecular flexibility index (Phi) is 4.03. The van der Waals surface area contributed by atoms with Crippen LogP contribution >= 0.6 is 27.3 Å². The number of anilines is 1. The Morgan fingerprint density at radius 2 is 2.11 bits per heavy atom. The van der Waals surface area contributed by atoms with Crippen molar-refractivity contribution in [2.24, 2.45) is 0 Å². The molecule has 5 nitrogen and oxygen atoms in total. The third-order valence-corrected chi connectivity index (χ3v) is 6.41. The number of nitrogens with one attached hydrogen (secondary N) is 1. The molecule has 104 valence electrons. The Bertz CT molecular complexity index is 669. The molecular weight excluding hydrogens is 352 g/mol. The Balaban J connectivity index is 2.25. The van der Waals surface area contributed by atoms with Crippen molar-refractivity contribution in [1.29, 1.82) is 0 Å². The SMILES string of the molecule is Cc1cc(S(=O)(=O)Nc2cc(C(C)C)no2)sc1Br. The maximum absolute atomic E-state index is 12.1. The van der Waals surface area contributed by atoms with E-state index in [1.807, 2.05) is 20.8 Å². The van der Waals surface area contributed by atoms with Crippen LogP contribution < -0.4 is 4.72 Å². The third kappa shape index (κ3) is 3.18. The highest BCUT2D eigenvalue weighted by molar-refractivity contribution is 9.11. The summed E-state index contributed by atoms with van der Waals surface area (Å²) in [7, 11) is -3.62. The average molecular weight is 365 g/mol. The number of hydrogen-bond donors (Lipinski definition) is 1. The molecule has 0 unspecified atom stereocenters. The van der Waals surface area contributed by atoms with E-state index in [-0.39, 0.29) is 16.0 Å². The number of hydrogen-bond acceptors (Lipinski definition) is 5. The van der Waals surface area contributed by atoms with Gasteiger partial charge in [-0.2, -0.15) is 0 Å². The van der Waals surface area contributed by atoms with Crippen LogP contribution in [0.25, 0.3) is 0 Å². The molecule has 0 aliphatic rings. The second-order valence-corrected chi connectivity index (χ2v) is 8.68. The zero-order valence-electron chi connectivity index (χ0n) is 10.6. The lowest BCUT2D eigenvalue weighted by atomic mass is 10.1. The molecule has 0 aliphatic heterocycles. The molecule has 0 aliphatic carbocycles. The van der Waals surface area contributed by atoms with Crippen LogP contribution in [0.2, 0.25) is 0 Å². The molecule has 0 bridgehead atoms. The van der Waals surface area contributed by atoms with Crippen LogP contribution in [0.4, 0.5) is 5.88 Å². The Morgan fingerprint density at radius 1 is 1.42 bits per heavy atom. The first-order valence-electron chi connectivity index (χ1n) is 5.55. The third-order valence-electron chi connectivity index (χ3n) is 2.45. The van der Waals surface area contributed by atoms with Crippen molar-refractivity contribution in [3.8, 4) is 0 Å². The molecule has 2 aromatic rings. The van der Waals surface area contributed by atoms with Crippen molar-refractivity contribution < 1.29 is 12.9 Å². The summed E-state index contributed by atoms with van der Waals surface area (Å²) < 4.78 is 32.7. The summed E-state index contributed by atoms with van der Waals surface area (Å²) in [6.07, 6.45) is 0. The lowest BCUT2D eigenvalue weighted by Gasteiger charge is -2.00. The van der Waals surface area contributed by atoms with Crippen LogP contribution in [0.15, 0.2) is 24.7 Å². The largest absolute Gasteiger partial charge is 0.338 e. The second kappa shape index (κ2) is 5.26. The molecule has 0 saturated carbocycles. The second-order valence-electron chi connectivity index (χ2n) is 4.40. The number of aryl methyl sites for hydroxylation is 1. The highest BCUT2D eigenvalue weighted by Crippen LogP contribution is 2.31. The van der Waals surface area contributed by atoms with E-state index < -0.39 is 10.0 Å². The smallest absolute Gasteiger partial charge is 0.273 e. The maximum atomic E-state index is 12.1. The van der Waals surface area contributed by atoms with Gasteiger partial charge in [0.1, 0.15) is 4.21 Å². The fourth-order valence-corrected chi connectivity index (χ4v) is 4.55. The van der Waals surface area contributed by atoms with Gasteiger partial charge in [-0.25, -0.2) is 13.1 Å². The summed E-state index contributed by atoms with van der Waals surface area (Å²) in [6.45, 7) is 5.75. The maximum Gasteiger partial charge on any atom is 0.273 e. The number of thiophene rings is 1. The van der Waals surface area contributed by atoms with Crippen LogP contribution in [0, 0.1) is 6.92 Å². The van der Waals surface area contributed by atoms with Gasteiger partial charge >= 0.3 is 0 Å². The molecular formula is C11H13BrN2O3S2. The molecule has 2 heterocycles. The minimum atomic E-state index is -3.62. The molecule has 19 heavy (non-hydrogen) atoms. The van der Waals surface area contributed by atoms with Crippen LogP contribution in [0.5, 0.6) is 0 Å². The molecule has 0 atom stereocenters. The number of halogens is 1. The molecule has 2 rings (SSSR count). The fourth-order valence-electron chi connectivity index (χ4n) is 1.36. The van der Waals surface area contributed by atoms with Gasteiger partial charge in [-0.05, 0) is 40.4 Å². The van der Waals surface area contributed by atoms with Crippen molar-refractivity contribution >= 4 is 43.2 Å². The first-order valence-corrected chi connectivity index (χ1v) is 8.64. The van der Waals surface area contributed by atoms with Gasteiger partial charge in [0.05, 0.1) is 9.48 Å². The number of nitrogens with zero attached hydrogens (tertiary/aromatic N) is 1. The summed E-state index contributed by atoms with van der Waals surface area (Å²) in [4.78, 5) is 0. The molecule has 0 amide bonds. The van der Waals surface area contributed by atoms with E-state index in [0.29, 0.717) is 5.69 Å². The predicted octanol–water partition coefficient (Wildman–Crippen LogP) is 3.73. The molecule has 0 radical (unpaired) electrons. The molecule has 2 aromatic heterocycles. The normalized spacial score (nSPS) is 12.1. The lowest BCUT2D eigenvalue weighted by molar-refractivity contribution is 0.423. The fraction of sp³-hybridized carbons (Fsp3) is 0.364. The van der Waals surface area contributed by atoms with Gasteiger partial charge in [0.15, 0.2) is 0 Å². The van der Waals surface area contributed by atoms with E-state index in [4.69, 9.17) is 4.52 Å². The van der Waals surface area contributed by atoms with E-state index in [9.17, 15) is 8.42 Å². The molecule has 0 aromatic carbocycles. The zero-order chi connectivity index (χ0) is 14.2. The lowest BCUT2D eigenvalue weighted by Crippen LogP contribution is -2.10. The van der Waals surface area contributed by atoms with Crippen LogP contribution in [0.3, 0.4) is 0 Å². The molecule has 0 saturated heterocycles. The molecule has 8 heteroatoms. The van der Waals surface area contributed by atoms with Crippen molar-refractivity contribution in [3.05, 3.63) is 27.2 Å². The Labute approximate surface area is 124 Å². The van der Waals surface area contributed by atoms with Gasteiger partial charge in [0.2, 0.25) is 5.88 Å². The van der Waals surface area contributed by atoms with Crippen molar-refractivity contribution in [3.63, 3.8) is 0 Å². The van der Waals surface area contributed by atoms with Gasteiger partial charge in [-0.15, -0.1) is 11.3 Å². The van der Waals surface area contributed by atoms with E-state index in [0.717, 1.165) is 20.7 Å². The summed E-state index contributed by atoms with van der Waals surface area (Å²) in [5, 5.41) is 3.81. The monoisotopic (exact) mass is 364 g/mol. The minimum Gasteiger partial charge on any atom is -0.338 e. The van der Waals surface area contributed by atoms with Crippen molar-refractivity contribution in [2.45, 2.75) is 30.9 Å². The quantitative estimate of drug-likeness (QED) is 0.896. The van der Waals surface area contributed by atoms with Gasteiger partial charge < -0.3 is 4.52 Å². The topological polar surface area (TPSA) is 72.2 Å². The summed E-state index contributed by atoms with van der Waals surface area (Å²) in [5.74, 6) is 0.311. The average Bonchev–Trinajstić information content (AvgIpc) is 2.87. The zero-order valence-corrected chi connectivity index (χ0v) is 13.8. The Morgan fingerprint density at radius 3 is 2.58 bits per heavy atom. The molecule has 0 spiro atoms. The van der Waals surface area contributed by atoms with Crippen LogP contribution in [-0.2, 0) is 10.0 Å². The van der Waals surface area contributed by atoms with Gasteiger partial charge in [-0.1, -0.05) is 19.0 Å². The van der Waals surface area contributed by atoms with E-state index in [1.54, 1.807) is 12.1 Å². The highest BCUT2D eigenvalue weighted by atomic mass is 79.9. The van der Waals surface area contributed by atoms with Gasteiger partial charge in [0.25, 0.3) is 10.0 Å². The summed E-state index contributed by atoms with van der Waals surface area (Å²) in [6, 6.07) is 3.20. The first-order chi connectivity index (χ1) is 8.79. The molecule has 0 fully saturated rings. The van der Waals surface area contributed by atoms with E-state index >= 15 is 0 Å². The van der Waals surface area contributed by atoms with Crippen molar-refractivity contribution in [1.82, 2.24) is 5.16 Å². The first kappa shape index (κ1) is 14.5. The summed E-state index contributed by atoms with van der Waals surface area (Å²) >= 11 is 4.47. The van der Waals surface area contributed by atoms with E-state index in [1.165, 1.54) is 0 Å². The predicted molar refractivity (Wildman–Crippen MR) is 78.2 cm³/mol. The standard InChI is InChI=1S/C11H13BrN2O3S2/c1-6(2)8-5-9(17-13-8)14-19(15,16)10-4-7(3)11(12)18-10/h4-6,14H,1-3H3. The van der Waals surface area contributed by atoms with Gasteiger partial charge in [-0.3, -0.25) is 0 Å². The van der Waals surface area contributed by atoms with E-state index in [2.05, 4.69) is 25.8 Å². The van der Waals surface area contributed by atoms with Gasteiger partial charge in [0, 0.05) is 6.07 Å². The van der Waals surface area contributed by atoms with Crippen LogP contribution in [-0.4, -0.2) is 13.6 Å². The number of sulfonamides is 1. The Hall–Kier alpha value is -0.860. The highest BCUT2D eigenvalue weighted by Gasteiger charge is 2.20. The van der Waals surface area contributed by atoms with Crippen molar-refractivity contribution in [2.75, 3.05) is 4.72 Å². The minimum absolute atomic E-state index is 0.130. The number of rotatable bonds is 4. The molecule has 1 N–H and O–H groups in total.